The smallest absolute Gasteiger partial charge is 0.243 e. The van der Waals surface area contributed by atoms with Gasteiger partial charge >= 0.3 is 0 Å². The van der Waals surface area contributed by atoms with E-state index in [1.165, 1.54) is 13.1 Å². The third-order valence-corrected chi connectivity index (χ3v) is 6.86. The van der Waals surface area contributed by atoms with Crippen molar-refractivity contribution in [2.75, 3.05) is 13.2 Å². The van der Waals surface area contributed by atoms with E-state index < -0.39 is 72.3 Å². The van der Waals surface area contributed by atoms with Crippen molar-refractivity contribution in [2.45, 2.75) is 77.4 Å². The summed E-state index contributed by atoms with van der Waals surface area (Å²) in [6.45, 7) is 4.41. The SMILES string of the molecule is CC(=O)N[C@@H](CO)C(=O)C[C@@H](CCC(N)=O)C(=O)N[C@@H](CC(C)C)C(=O)N[C@@H](CCCN=C(N)N)C(=O)c1nccs1. The predicted octanol–water partition coefficient (Wildman–Crippen LogP) is -1.27. The number of Topliss-reactive ketones (excluding diaryl/α,β-unsaturated/α-hetero) is 2. The second-order valence-corrected chi connectivity index (χ2v) is 11.1. The molecule has 0 aromatic carbocycles. The van der Waals surface area contributed by atoms with Crippen molar-refractivity contribution in [2.24, 2.45) is 34.0 Å². The summed E-state index contributed by atoms with van der Waals surface area (Å²) in [5, 5.41) is 19.0. The molecule has 234 valence electrons. The summed E-state index contributed by atoms with van der Waals surface area (Å²) in [4.78, 5) is 83.4. The van der Waals surface area contributed by atoms with Crippen molar-refractivity contribution >= 4 is 52.5 Å². The molecule has 0 aliphatic rings. The highest BCUT2D eigenvalue weighted by Gasteiger charge is 2.32. The van der Waals surface area contributed by atoms with Crippen LogP contribution in [0.15, 0.2) is 16.6 Å². The van der Waals surface area contributed by atoms with Crippen LogP contribution in [0.5, 0.6) is 0 Å². The van der Waals surface area contributed by atoms with Crippen LogP contribution in [0.2, 0.25) is 0 Å². The molecule has 42 heavy (non-hydrogen) atoms. The number of aliphatic imine (C=N–C) groups is 1. The molecule has 1 heterocycles. The van der Waals surface area contributed by atoms with Gasteiger partial charge in [0.25, 0.3) is 0 Å². The van der Waals surface area contributed by atoms with Crippen LogP contribution in [0.25, 0.3) is 0 Å². The lowest BCUT2D eigenvalue weighted by Crippen LogP contribution is -2.53. The van der Waals surface area contributed by atoms with Gasteiger partial charge in [-0.3, -0.25) is 33.8 Å². The van der Waals surface area contributed by atoms with Gasteiger partial charge in [-0.1, -0.05) is 13.8 Å². The summed E-state index contributed by atoms with van der Waals surface area (Å²) in [5.41, 5.74) is 16.0. The molecule has 0 aliphatic heterocycles. The van der Waals surface area contributed by atoms with Crippen molar-refractivity contribution in [1.82, 2.24) is 20.9 Å². The maximum absolute atomic E-state index is 13.4. The van der Waals surface area contributed by atoms with E-state index in [0.717, 1.165) is 11.3 Å². The zero-order valence-corrected chi connectivity index (χ0v) is 24.9. The third kappa shape index (κ3) is 13.6. The van der Waals surface area contributed by atoms with Crippen LogP contribution in [0.3, 0.4) is 0 Å². The van der Waals surface area contributed by atoms with Gasteiger partial charge in [-0.05, 0) is 31.6 Å². The number of aliphatic hydroxyl groups is 1. The number of nitrogens with one attached hydrogen (secondary N) is 3. The molecule has 0 fully saturated rings. The molecule has 15 nitrogen and oxygen atoms in total. The van der Waals surface area contributed by atoms with Crippen molar-refractivity contribution in [3.05, 3.63) is 16.6 Å². The Morgan fingerprint density at radius 1 is 0.976 bits per heavy atom. The molecule has 0 bridgehead atoms. The topological polar surface area (TPSA) is 262 Å². The highest BCUT2D eigenvalue weighted by atomic mass is 32.1. The molecule has 0 saturated heterocycles. The molecule has 1 rings (SSSR count). The molecular formula is C26H42N8O7S. The van der Waals surface area contributed by atoms with Crippen molar-refractivity contribution < 1.29 is 33.9 Å². The molecule has 0 radical (unpaired) electrons. The number of hydrogen-bond acceptors (Lipinski definition) is 10. The van der Waals surface area contributed by atoms with Gasteiger partial charge in [-0.15, -0.1) is 11.3 Å². The summed E-state index contributed by atoms with van der Waals surface area (Å²) in [7, 11) is 0. The molecule has 10 N–H and O–H groups in total. The number of primary amides is 1. The van der Waals surface area contributed by atoms with Gasteiger partial charge in [-0.25, -0.2) is 4.98 Å². The zero-order chi connectivity index (χ0) is 31.8. The molecule has 0 saturated carbocycles. The Hall–Kier alpha value is -3.92. The van der Waals surface area contributed by atoms with E-state index in [1.54, 1.807) is 5.38 Å². The van der Waals surface area contributed by atoms with Crippen molar-refractivity contribution in [3.63, 3.8) is 0 Å². The van der Waals surface area contributed by atoms with Gasteiger partial charge in [0, 0.05) is 43.8 Å². The number of aromatic nitrogens is 1. The van der Waals surface area contributed by atoms with Crippen LogP contribution in [0, 0.1) is 11.8 Å². The summed E-state index contributed by atoms with van der Waals surface area (Å²) >= 11 is 1.12. The predicted molar refractivity (Wildman–Crippen MR) is 156 cm³/mol. The van der Waals surface area contributed by atoms with Gasteiger partial charge in [0.05, 0.1) is 12.6 Å². The minimum absolute atomic E-state index is 0.0553. The summed E-state index contributed by atoms with van der Waals surface area (Å²) < 4.78 is 0. The van der Waals surface area contributed by atoms with E-state index in [9.17, 15) is 33.9 Å². The number of amides is 4. The molecule has 0 unspecified atom stereocenters. The van der Waals surface area contributed by atoms with Crippen LogP contribution in [0.4, 0.5) is 0 Å². The number of rotatable bonds is 20. The Morgan fingerprint density at radius 3 is 2.17 bits per heavy atom. The molecule has 1 aromatic rings. The Balaban J connectivity index is 3.14. The lowest BCUT2D eigenvalue weighted by atomic mass is 9.92. The number of thiazole rings is 1. The largest absolute Gasteiger partial charge is 0.394 e. The molecule has 1 aromatic heterocycles. The summed E-state index contributed by atoms with van der Waals surface area (Å²) in [6, 6.07) is -3.30. The first-order valence-electron chi connectivity index (χ1n) is 13.5. The highest BCUT2D eigenvalue weighted by Crippen LogP contribution is 2.17. The number of ketones is 2. The monoisotopic (exact) mass is 610 g/mol. The van der Waals surface area contributed by atoms with Crippen LogP contribution in [-0.4, -0.2) is 82.5 Å². The number of nitrogens with two attached hydrogens (primary N) is 3. The van der Waals surface area contributed by atoms with Crippen molar-refractivity contribution in [3.8, 4) is 0 Å². The van der Waals surface area contributed by atoms with E-state index in [-0.39, 0.29) is 49.1 Å². The summed E-state index contributed by atoms with van der Waals surface area (Å²) in [6.07, 6.45) is 1.51. The van der Waals surface area contributed by atoms with Gasteiger partial charge in [0.15, 0.2) is 16.8 Å². The number of guanidine groups is 1. The third-order valence-electron chi connectivity index (χ3n) is 6.07. The van der Waals surface area contributed by atoms with E-state index in [2.05, 4.69) is 25.9 Å². The number of nitrogens with zero attached hydrogens (tertiary/aromatic N) is 2. The Kier molecular flexibility index (Phi) is 15.9. The fourth-order valence-electron chi connectivity index (χ4n) is 4.03. The lowest BCUT2D eigenvalue weighted by molar-refractivity contribution is -0.135. The fraction of sp³-hybridized carbons (Fsp3) is 0.615. The average molecular weight is 611 g/mol. The summed E-state index contributed by atoms with van der Waals surface area (Å²) in [5.74, 6) is -4.83. The Labute approximate surface area is 248 Å². The van der Waals surface area contributed by atoms with Crippen LogP contribution in [-0.2, 0) is 24.0 Å². The molecule has 4 amide bonds. The maximum Gasteiger partial charge on any atom is 0.243 e. The lowest BCUT2D eigenvalue weighted by Gasteiger charge is -2.26. The average Bonchev–Trinajstić information content (AvgIpc) is 3.44. The standard InChI is InChI=1S/C26H42N8O7S/c1-14(2)11-18(24(41)33-17(5-4-8-31-26(28)29)22(39)25-30-9-10-42-25)34-23(40)16(6-7-21(27)38)12-20(37)19(13-35)32-15(3)36/h9-10,14,16-19,35H,4-8,11-13H2,1-3H3,(H2,27,38)(H,32,36)(H,33,41)(H,34,40)(H4,28,29,31)/t16-,17+,18+,19+/m1/s1. The fourth-order valence-corrected chi connectivity index (χ4v) is 4.66. The number of aliphatic hydroxyl groups excluding tert-OH is 1. The van der Waals surface area contributed by atoms with E-state index >= 15 is 0 Å². The Morgan fingerprint density at radius 2 is 1.64 bits per heavy atom. The molecule has 4 atom stereocenters. The molecule has 0 spiro atoms. The molecular weight excluding hydrogens is 568 g/mol. The normalized spacial score (nSPS) is 13.7. The highest BCUT2D eigenvalue weighted by molar-refractivity contribution is 7.11. The Bertz CT molecular complexity index is 1110. The van der Waals surface area contributed by atoms with Crippen LogP contribution >= 0.6 is 11.3 Å². The van der Waals surface area contributed by atoms with E-state index in [4.69, 9.17) is 17.2 Å². The van der Waals surface area contributed by atoms with Crippen LogP contribution < -0.4 is 33.2 Å². The maximum atomic E-state index is 13.4. The van der Waals surface area contributed by atoms with Gasteiger partial charge in [0.1, 0.15) is 12.1 Å². The zero-order valence-electron chi connectivity index (χ0n) is 24.1. The number of carbonyl (C=O) groups excluding carboxylic acids is 6. The van der Waals surface area contributed by atoms with Gasteiger partial charge in [0.2, 0.25) is 29.4 Å². The molecule has 16 heteroatoms. The number of carbonyl (C=O) groups is 6. The second-order valence-electron chi connectivity index (χ2n) is 10.2. The van der Waals surface area contributed by atoms with Crippen LogP contribution in [0.1, 0.15) is 69.1 Å². The first-order valence-corrected chi connectivity index (χ1v) is 14.4. The molecule has 0 aliphatic carbocycles. The van der Waals surface area contributed by atoms with Crippen molar-refractivity contribution in [1.29, 1.82) is 0 Å². The van der Waals surface area contributed by atoms with Gasteiger partial charge in [-0.2, -0.15) is 0 Å². The minimum Gasteiger partial charge on any atom is -0.394 e. The minimum atomic E-state index is -1.24. The quantitative estimate of drug-likeness (QED) is 0.0398. The first-order chi connectivity index (χ1) is 19.7. The number of hydrogen-bond donors (Lipinski definition) is 7. The van der Waals surface area contributed by atoms with E-state index in [1.807, 2.05) is 13.8 Å². The van der Waals surface area contributed by atoms with E-state index in [0.29, 0.717) is 6.42 Å². The second kappa shape index (κ2) is 18.5. The van der Waals surface area contributed by atoms with Gasteiger partial charge < -0.3 is 38.3 Å². The first kappa shape index (κ1) is 36.1.